The molecule has 1 N–H and O–H groups in total. The molecule has 0 bridgehead atoms. The number of esters is 1. The summed E-state index contributed by atoms with van der Waals surface area (Å²) in [6, 6.07) is 3.27. The van der Waals surface area contributed by atoms with Gasteiger partial charge in [0.05, 0.1) is 0 Å². The molecule has 9 nitrogen and oxygen atoms in total. The van der Waals surface area contributed by atoms with E-state index in [4.69, 9.17) is 9.26 Å². The lowest BCUT2D eigenvalue weighted by atomic mass is 10.2. The topological polar surface area (TPSA) is 112 Å². The first-order chi connectivity index (χ1) is 10.8. The minimum Gasteiger partial charge on any atom is -0.455 e. The fourth-order valence-corrected chi connectivity index (χ4v) is 1.83. The van der Waals surface area contributed by atoms with Gasteiger partial charge in [-0.1, -0.05) is 5.16 Å². The summed E-state index contributed by atoms with van der Waals surface area (Å²) >= 11 is 0. The van der Waals surface area contributed by atoms with E-state index in [2.05, 4.69) is 25.4 Å². The summed E-state index contributed by atoms with van der Waals surface area (Å²) < 4.78 is 12.1. The second-order valence-electron chi connectivity index (χ2n) is 5.97. The van der Waals surface area contributed by atoms with E-state index >= 15 is 0 Å². The van der Waals surface area contributed by atoms with Gasteiger partial charge in [0.25, 0.3) is 5.89 Å². The molecule has 0 unspecified atom stereocenters. The molecule has 0 aliphatic carbocycles. The number of carbonyl (C=O) groups is 1. The van der Waals surface area contributed by atoms with E-state index in [0.29, 0.717) is 17.2 Å². The van der Waals surface area contributed by atoms with E-state index in [1.807, 2.05) is 0 Å². The molecule has 3 heterocycles. The molecule has 0 aliphatic rings. The molecule has 0 atom stereocenters. The van der Waals surface area contributed by atoms with Crippen LogP contribution in [0, 0.1) is 0 Å². The molecule has 0 fully saturated rings. The van der Waals surface area contributed by atoms with Crippen molar-refractivity contribution in [1.29, 1.82) is 0 Å². The fourth-order valence-electron chi connectivity index (χ4n) is 1.83. The number of hydrogen-bond donors (Lipinski definition) is 1. The van der Waals surface area contributed by atoms with Gasteiger partial charge in [-0.25, -0.2) is 4.79 Å². The summed E-state index contributed by atoms with van der Waals surface area (Å²) in [7, 11) is 1.80. The molecular weight excluding hydrogens is 300 g/mol. The van der Waals surface area contributed by atoms with Gasteiger partial charge >= 0.3 is 5.97 Å². The fraction of sp³-hybridized carbons (Fsp3) is 0.357. The highest BCUT2D eigenvalue weighted by atomic mass is 16.6. The molecule has 0 amide bonds. The molecule has 3 aromatic rings. The molecule has 0 aliphatic heterocycles. The standard InChI is InChI=1S/C14H16N6O3/c1-14(2,3)22-13(21)10-7-9(16-17-10)12-15-11(19-23-12)8-5-6-20(4)18-8/h5-7H,1-4H3,(H,16,17). The molecule has 120 valence electrons. The van der Waals surface area contributed by atoms with Crippen molar-refractivity contribution in [2.75, 3.05) is 0 Å². The van der Waals surface area contributed by atoms with Crippen molar-refractivity contribution in [3.63, 3.8) is 0 Å². The van der Waals surface area contributed by atoms with Gasteiger partial charge in [-0.2, -0.15) is 15.2 Å². The first kappa shape index (κ1) is 14.9. The van der Waals surface area contributed by atoms with E-state index in [9.17, 15) is 4.79 Å². The third-order valence-electron chi connectivity index (χ3n) is 2.78. The van der Waals surface area contributed by atoms with Gasteiger partial charge in [-0.15, -0.1) is 0 Å². The molecule has 0 radical (unpaired) electrons. The van der Waals surface area contributed by atoms with Gasteiger partial charge in [0.2, 0.25) is 5.82 Å². The summed E-state index contributed by atoms with van der Waals surface area (Å²) in [4.78, 5) is 16.2. The van der Waals surface area contributed by atoms with Crippen LogP contribution >= 0.6 is 0 Å². The van der Waals surface area contributed by atoms with E-state index in [0.717, 1.165) is 0 Å². The monoisotopic (exact) mass is 316 g/mol. The molecule has 3 aromatic heterocycles. The van der Waals surface area contributed by atoms with Gasteiger partial charge in [-0.05, 0) is 26.8 Å². The average Bonchev–Trinajstić information content (AvgIpc) is 3.15. The third-order valence-corrected chi connectivity index (χ3v) is 2.78. The first-order valence-corrected chi connectivity index (χ1v) is 6.95. The van der Waals surface area contributed by atoms with E-state index in [1.165, 1.54) is 6.07 Å². The zero-order valence-corrected chi connectivity index (χ0v) is 13.2. The Morgan fingerprint density at radius 1 is 1.35 bits per heavy atom. The quantitative estimate of drug-likeness (QED) is 0.733. The van der Waals surface area contributed by atoms with Gasteiger partial charge in [0, 0.05) is 19.3 Å². The average molecular weight is 316 g/mol. The Morgan fingerprint density at radius 2 is 2.13 bits per heavy atom. The first-order valence-electron chi connectivity index (χ1n) is 6.95. The Labute approximate surface area is 131 Å². The normalized spacial score (nSPS) is 11.7. The van der Waals surface area contributed by atoms with Crippen LogP contribution < -0.4 is 0 Å². The van der Waals surface area contributed by atoms with Gasteiger partial charge in [0.15, 0.2) is 5.69 Å². The summed E-state index contributed by atoms with van der Waals surface area (Å²) in [5, 5.41) is 14.7. The summed E-state index contributed by atoms with van der Waals surface area (Å²) in [5.41, 5.74) is 0.581. The number of rotatable bonds is 3. The Morgan fingerprint density at radius 3 is 2.78 bits per heavy atom. The van der Waals surface area contributed by atoms with E-state index < -0.39 is 11.6 Å². The largest absolute Gasteiger partial charge is 0.455 e. The second-order valence-corrected chi connectivity index (χ2v) is 5.97. The van der Waals surface area contributed by atoms with Crippen LogP contribution in [0.25, 0.3) is 23.1 Å². The molecule has 3 rings (SSSR count). The van der Waals surface area contributed by atoms with Crippen molar-refractivity contribution < 1.29 is 14.1 Å². The van der Waals surface area contributed by atoms with Crippen molar-refractivity contribution in [2.45, 2.75) is 26.4 Å². The lowest BCUT2D eigenvalue weighted by Gasteiger charge is -2.18. The number of nitrogens with zero attached hydrogens (tertiary/aromatic N) is 5. The maximum absolute atomic E-state index is 12.0. The van der Waals surface area contributed by atoms with E-state index in [-0.39, 0.29) is 11.6 Å². The number of hydrogen-bond acceptors (Lipinski definition) is 7. The zero-order valence-electron chi connectivity index (χ0n) is 13.2. The van der Waals surface area contributed by atoms with Gasteiger partial charge in [0.1, 0.15) is 17.0 Å². The Kier molecular flexibility index (Phi) is 3.47. The minimum absolute atomic E-state index is 0.191. The van der Waals surface area contributed by atoms with Crippen molar-refractivity contribution >= 4 is 5.97 Å². The van der Waals surface area contributed by atoms with Gasteiger partial charge in [-0.3, -0.25) is 9.78 Å². The summed E-state index contributed by atoms with van der Waals surface area (Å²) in [5.74, 6) is 0.0415. The predicted molar refractivity (Wildman–Crippen MR) is 79.3 cm³/mol. The number of aromatic nitrogens is 6. The number of H-pyrrole nitrogens is 1. The Hall–Kier alpha value is -2.97. The summed E-state index contributed by atoms with van der Waals surface area (Å²) in [6.07, 6.45) is 1.78. The van der Waals surface area contributed by atoms with Crippen LogP contribution in [0.2, 0.25) is 0 Å². The maximum Gasteiger partial charge on any atom is 0.356 e. The van der Waals surface area contributed by atoms with Crippen molar-refractivity contribution in [3.8, 4) is 23.1 Å². The SMILES string of the molecule is Cn1ccc(-c2noc(-c3cc(C(=O)OC(C)(C)C)[nH]n3)n2)n1. The van der Waals surface area contributed by atoms with E-state index in [1.54, 1.807) is 44.8 Å². The molecular formula is C14H16N6O3. The highest BCUT2D eigenvalue weighted by molar-refractivity contribution is 5.88. The predicted octanol–water partition coefficient (Wildman–Crippen LogP) is 1.82. The van der Waals surface area contributed by atoms with Crippen LogP contribution in [0.3, 0.4) is 0 Å². The van der Waals surface area contributed by atoms with Crippen LogP contribution in [0.5, 0.6) is 0 Å². The molecule has 0 spiro atoms. The number of aromatic amines is 1. The minimum atomic E-state index is -0.584. The Balaban J connectivity index is 1.81. The van der Waals surface area contributed by atoms with Crippen molar-refractivity contribution in [2.24, 2.45) is 7.05 Å². The number of nitrogens with one attached hydrogen (secondary N) is 1. The molecule has 0 aromatic carbocycles. The molecule has 0 saturated carbocycles. The highest BCUT2D eigenvalue weighted by Crippen LogP contribution is 2.21. The second kappa shape index (κ2) is 5.34. The van der Waals surface area contributed by atoms with Crippen LogP contribution in [0.4, 0.5) is 0 Å². The molecule has 23 heavy (non-hydrogen) atoms. The smallest absolute Gasteiger partial charge is 0.356 e. The highest BCUT2D eigenvalue weighted by Gasteiger charge is 2.22. The van der Waals surface area contributed by atoms with Crippen LogP contribution in [-0.2, 0) is 11.8 Å². The van der Waals surface area contributed by atoms with Gasteiger partial charge < -0.3 is 9.26 Å². The lowest BCUT2D eigenvalue weighted by Crippen LogP contribution is -2.24. The van der Waals surface area contributed by atoms with Crippen molar-refractivity contribution in [3.05, 3.63) is 24.0 Å². The lowest BCUT2D eigenvalue weighted by molar-refractivity contribution is 0.00628. The zero-order chi connectivity index (χ0) is 16.6. The van der Waals surface area contributed by atoms with Crippen LogP contribution in [0.1, 0.15) is 31.3 Å². The van der Waals surface area contributed by atoms with Crippen LogP contribution in [0.15, 0.2) is 22.9 Å². The number of aryl methyl sites for hydroxylation is 1. The maximum atomic E-state index is 12.0. The number of ether oxygens (including phenoxy) is 1. The number of carbonyl (C=O) groups excluding carboxylic acids is 1. The molecule has 9 heteroatoms. The third kappa shape index (κ3) is 3.28. The van der Waals surface area contributed by atoms with Crippen molar-refractivity contribution in [1.82, 2.24) is 30.1 Å². The van der Waals surface area contributed by atoms with Crippen LogP contribution in [-0.4, -0.2) is 41.7 Å². The molecule has 0 saturated heterocycles. The summed E-state index contributed by atoms with van der Waals surface area (Å²) in [6.45, 7) is 5.37. The Bertz CT molecular complexity index is 839.